The van der Waals surface area contributed by atoms with Gasteiger partial charge >= 0.3 is 17.2 Å². The van der Waals surface area contributed by atoms with Gasteiger partial charge in [-0.2, -0.15) is 0 Å². The van der Waals surface area contributed by atoms with Crippen LogP contribution in [0.25, 0.3) is 0 Å². The summed E-state index contributed by atoms with van der Waals surface area (Å²) in [5.41, 5.74) is -1.07. The summed E-state index contributed by atoms with van der Waals surface area (Å²) in [6.45, 7) is -1.54. The molecule has 0 aliphatic carbocycles. The van der Waals surface area contributed by atoms with Crippen LogP contribution in [0.4, 0.5) is 0 Å². The summed E-state index contributed by atoms with van der Waals surface area (Å²) >= 11 is 12.6. The van der Waals surface area contributed by atoms with Crippen molar-refractivity contribution in [1.82, 2.24) is 0 Å². The van der Waals surface area contributed by atoms with Crippen molar-refractivity contribution in [2.75, 3.05) is 19.8 Å². The molecule has 0 saturated heterocycles. The van der Waals surface area contributed by atoms with E-state index in [1.165, 1.54) is 0 Å². The number of para-hydroxylation sites is 1. The van der Waals surface area contributed by atoms with Gasteiger partial charge < -0.3 is 38.5 Å². The zero-order chi connectivity index (χ0) is 21.4. The van der Waals surface area contributed by atoms with Crippen LogP contribution in [-0.4, -0.2) is 44.5 Å². The summed E-state index contributed by atoms with van der Waals surface area (Å²) in [6.07, 6.45) is -1.06. The average Bonchev–Trinajstić information content (AvgIpc) is 2.69. The van der Waals surface area contributed by atoms with Gasteiger partial charge in [-0.1, -0.05) is 53.5 Å². The molecule has 1 unspecified atom stereocenters. The second kappa shape index (κ2) is 11.7. The Bertz CT molecular complexity index is 769. The molecule has 0 saturated carbocycles. The second-order valence-corrected chi connectivity index (χ2v) is 8.36. The molecule has 29 heavy (non-hydrogen) atoms. The van der Waals surface area contributed by atoms with Crippen molar-refractivity contribution in [1.29, 1.82) is 0 Å². The molecule has 12 heteroatoms. The second-order valence-electron chi connectivity index (χ2n) is 6.02. The topological polar surface area (TPSA) is 129 Å². The highest BCUT2D eigenvalue weighted by atomic mass is 35.5. The molecule has 5 N–H and O–H groups in total. The van der Waals surface area contributed by atoms with Crippen molar-refractivity contribution < 1.29 is 38.5 Å². The Hall–Kier alpha value is -0.600. The van der Waals surface area contributed by atoms with E-state index in [0.717, 1.165) is 0 Å². The van der Waals surface area contributed by atoms with Gasteiger partial charge in [-0.15, -0.1) is 0 Å². The van der Waals surface area contributed by atoms with Crippen LogP contribution in [-0.2, 0) is 9.05 Å². The maximum atomic E-state index is 10.2. The molecule has 0 heterocycles. The van der Waals surface area contributed by atoms with E-state index in [2.05, 4.69) is 0 Å². The summed E-state index contributed by atoms with van der Waals surface area (Å²) in [4.78, 5) is 36.9. The summed E-state index contributed by atoms with van der Waals surface area (Å²) in [7, 11) is -5.53. The Morgan fingerprint density at radius 3 is 1.83 bits per heavy atom. The fourth-order valence-electron chi connectivity index (χ4n) is 2.61. The summed E-state index contributed by atoms with van der Waals surface area (Å²) < 4.78 is 16.0. The van der Waals surface area contributed by atoms with Crippen LogP contribution in [0.5, 0.6) is 5.75 Å². The molecule has 1 atom stereocenters. The number of aliphatic hydroxyl groups is 1. The van der Waals surface area contributed by atoms with Crippen LogP contribution < -0.4 is 4.74 Å². The summed E-state index contributed by atoms with van der Waals surface area (Å²) in [5.74, 6) is 0.266. The molecule has 0 aliphatic heterocycles. The van der Waals surface area contributed by atoms with E-state index in [0.29, 0.717) is 10.6 Å². The molecule has 0 amide bonds. The van der Waals surface area contributed by atoms with Gasteiger partial charge in [0, 0.05) is 10.6 Å². The lowest BCUT2D eigenvalue weighted by molar-refractivity contribution is -0.0653. The number of ether oxygens (including phenoxy) is 1. The van der Waals surface area contributed by atoms with E-state index in [9.17, 15) is 24.7 Å². The predicted molar refractivity (Wildman–Crippen MR) is 110 cm³/mol. The molecule has 2 aromatic carbocycles. The molecule has 0 radical (unpaired) electrons. The highest BCUT2D eigenvalue weighted by Gasteiger charge is 2.44. The Labute approximate surface area is 180 Å². The minimum atomic E-state index is -2.76. The molecular weight excluding hydrogens is 465 g/mol. The predicted octanol–water partition coefficient (Wildman–Crippen LogP) is 3.55. The quantitative estimate of drug-likeness (QED) is 0.306. The maximum absolute atomic E-state index is 10.2. The van der Waals surface area contributed by atoms with Crippen molar-refractivity contribution in [3.63, 3.8) is 0 Å². The zero-order valence-electron chi connectivity index (χ0n) is 14.9. The first-order valence-corrected chi connectivity index (χ1v) is 11.3. The van der Waals surface area contributed by atoms with E-state index in [1.807, 2.05) is 0 Å². The SMILES string of the molecule is OCC(COP(O)O)(COP(O)O)C(Oc1ccccc1Cl)c1ccccc1Cl. The van der Waals surface area contributed by atoms with Crippen molar-refractivity contribution in [2.45, 2.75) is 6.10 Å². The standard InChI is InChI=1S/C17H20Cl2O8P2/c18-13-6-2-1-5-12(13)16(27-15-8-4-3-7-14(15)19)17(9-20,10-25-28(21)22)11-26-29(23)24/h1-8,16,20-24H,9-11H2. The molecular formula is C17H20Cl2O8P2. The smallest absolute Gasteiger partial charge is 0.327 e. The van der Waals surface area contributed by atoms with Crippen molar-refractivity contribution in [3.05, 3.63) is 64.1 Å². The van der Waals surface area contributed by atoms with Crippen LogP contribution >= 0.6 is 40.4 Å². The summed E-state index contributed by atoms with van der Waals surface area (Å²) in [6, 6.07) is 13.3. The third kappa shape index (κ3) is 6.96. The van der Waals surface area contributed by atoms with Gasteiger partial charge in [-0.25, -0.2) is 0 Å². The molecule has 0 aliphatic rings. The minimum absolute atomic E-state index is 0.266. The minimum Gasteiger partial charge on any atom is -0.483 e. The first-order chi connectivity index (χ1) is 13.8. The molecule has 0 spiro atoms. The molecule has 0 aromatic heterocycles. The Morgan fingerprint density at radius 2 is 1.34 bits per heavy atom. The molecule has 2 rings (SSSR count). The lowest BCUT2D eigenvalue weighted by Crippen LogP contribution is -2.43. The van der Waals surface area contributed by atoms with Gasteiger partial charge in [0.1, 0.15) is 11.9 Å². The van der Waals surface area contributed by atoms with Gasteiger partial charge in [0.05, 0.1) is 30.3 Å². The van der Waals surface area contributed by atoms with Gasteiger partial charge in [0.2, 0.25) is 0 Å². The number of halogens is 2. The largest absolute Gasteiger partial charge is 0.483 e. The monoisotopic (exact) mass is 484 g/mol. The number of hydrogen-bond acceptors (Lipinski definition) is 8. The zero-order valence-corrected chi connectivity index (χ0v) is 18.2. The third-order valence-electron chi connectivity index (χ3n) is 4.08. The van der Waals surface area contributed by atoms with E-state index >= 15 is 0 Å². The maximum Gasteiger partial charge on any atom is 0.327 e. The molecule has 160 valence electrons. The van der Waals surface area contributed by atoms with Gasteiger partial charge in [-0.3, -0.25) is 0 Å². The molecule has 0 fully saturated rings. The Morgan fingerprint density at radius 1 is 0.828 bits per heavy atom. The Kier molecular flexibility index (Phi) is 9.95. The fourth-order valence-corrected chi connectivity index (χ4v) is 3.77. The van der Waals surface area contributed by atoms with Gasteiger partial charge in [0.15, 0.2) is 0 Å². The Balaban J connectivity index is 2.55. The molecule has 8 nitrogen and oxygen atoms in total. The number of benzene rings is 2. The van der Waals surface area contributed by atoms with Crippen LogP contribution in [0.15, 0.2) is 48.5 Å². The van der Waals surface area contributed by atoms with Gasteiger partial charge in [-0.05, 0) is 18.2 Å². The lowest BCUT2D eigenvalue weighted by atomic mass is 9.80. The normalized spacial score (nSPS) is 13.1. The van der Waals surface area contributed by atoms with Crippen LogP contribution in [0.2, 0.25) is 10.0 Å². The third-order valence-corrected chi connectivity index (χ3v) is 5.45. The highest BCUT2D eigenvalue weighted by molar-refractivity contribution is 7.39. The lowest BCUT2D eigenvalue weighted by Gasteiger charge is -2.39. The fraction of sp³-hybridized carbons (Fsp3) is 0.294. The van der Waals surface area contributed by atoms with Crippen LogP contribution in [0.3, 0.4) is 0 Å². The first-order valence-electron chi connectivity index (χ1n) is 8.17. The van der Waals surface area contributed by atoms with Gasteiger partial charge in [0.25, 0.3) is 0 Å². The van der Waals surface area contributed by atoms with E-state index in [4.69, 9.17) is 37.0 Å². The van der Waals surface area contributed by atoms with E-state index < -0.39 is 48.5 Å². The van der Waals surface area contributed by atoms with E-state index in [1.54, 1.807) is 48.5 Å². The van der Waals surface area contributed by atoms with Crippen molar-refractivity contribution in [3.8, 4) is 5.75 Å². The van der Waals surface area contributed by atoms with E-state index in [-0.39, 0.29) is 10.8 Å². The van der Waals surface area contributed by atoms with Crippen molar-refractivity contribution in [2.24, 2.45) is 5.41 Å². The highest BCUT2D eigenvalue weighted by Crippen LogP contribution is 2.45. The first kappa shape index (κ1) is 24.7. The van der Waals surface area contributed by atoms with Crippen LogP contribution in [0.1, 0.15) is 11.7 Å². The summed E-state index contributed by atoms with van der Waals surface area (Å²) in [5, 5.41) is 10.8. The number of aliphatic hydroxyl groups excluding tert-OH is 1. The van der Waals surface area contributed by atoms with Crippen molar-refractivity contribution >= 4 is 40.4 Å². The molecule has 0 bridgehead atoms. The van der Waals surface area contributed by atoms with Crippen LogP contribution in [0, 0.1) is 5.41 Å². The average molecular weight is 485 g/mol. The number of rotatable bonds is 11. The number of hydrogen-bond donors (Lipinski definition) is 5. The molecule has 2 aromatic rings.